The Morgan fingerprint density at radius 3 is 1.62 bits per heavy atom. The molecule has 4 rings (SSSR count). The molecule has 0 aromatic heterocycles. The molecular formula is C28H24O4. The highest BCUT2D eigenvalue weighted by Crippen LogP contribution is 2.25. The normalized spacial score (nSPS) is 10.2. The van der Waals surface area contributed by atoms with Crippen LogP contribution in [0.3, 0.4) is 0 Å². The van der Waals surface area contributed by atoms with Crippen LogP contribution in [0, 0.1) is 0 Å². The molecule has 0 heterocycles. The van der Waals surface area contributed by atoms with Gasteiger partial charge in [-0.05, 0) is 39.6 Å². The zero-order chi connectivity index (χ0) is 23.1. The van der Waals surface area contributed by atoms with E-state index in [9.17, 15) is 9.59 Å². The summed E-state index contributed by atoms with van der Waals surface area (Å²) in [5, 5.41) is 13.0. The number of carbonyl (C=O) groups is 2. The van der Waals surface area contributed by atoms with E-state index < -0.39 is 5.97 Å². The van der Waals surface area contributed by atoms with Crippen molar-refractivity contribution >= 4 is 44.6 Å². The predicted molar refractivity (Wildman–Crippen MR) is 130 cm³/mol. The molecule has 0 saturated heterocycles. The van der Waals surface area contributed by atoms with Gasteiger partial charge in [-0.15, -0.1) is 0 Å². The number of ether oxygens (including phenoxy) is 1. The largest absolute Gasteiger partial charge is 0.478 e. The van der Waals surface area contributed by atoms with Crippen LogP contribution in [0.1, 0.15) is 18.1 Å². The predicted octanol–water partition coefficient (Wildman–Crippen LogP) is 6.35. The Morgan fingerprint density at radius 2 is 1.16 bits per heavy atom. The van der Waals surface area contributed by atoms with E-state index in [0.717, 1.165) is 27.1 Å². The second-order valence-electron chi connectivity index (χ2n) is 7.04. The molecule has 0 spiro atoms. The molecule has 0 unspecified atom stereocenters. The summed E-state index contributed by atoms with van der Waals surface area (Å²) in [7, 11) is 0. The zero-order valence-electron chi connectivity index (χ0n) is 17.9. The van der Waals surface area contributed by atoms with E-state index in [1.165, 1.54) is 0 Å². The van der Waals surface area contributed by atoms with Crippen molar-refractivity contribution in [2.75, 3.05) is 6.61 Å². The van der Waals surface area contributed by atoms with Crippen molar-refractivity contribution in [3.05, 3.63) is 109 Å². The number of aliphatic carboxylic acids is 1. The van der Waals surface area contributed by atoms with Crippen molar-refractivity contribution in [1.82, 2.24) is 0 Å². The maximum absolute atomic E-state index is 11.7. The number of benzene rings is 4. The summed E-state index contributed by atoms with van der Waals surface area (Å²) in [6.07, 6.45) is 0. The van der Waals surface area contributed by atoms with Gasteiger partial charge in [0.15, 0.2) is 0 Å². The van der Waals surface area contributed by atoms with Crippen LogP contribution >= 0.6 is 0 Å². The van der Waals surface area contributed by atoms with Gasteiger partial charge in [-0.2, -0.15) is 0 Å². The Labute approximate surface area is 187 Å². The number of hydrogen-bond donors (Lipinski definition) is 1. The number of esters is 1. The average molecular weight is 424 g/mol. The topological polar surface area (TPSA) is 63.6 Å². The minimum absolute atomic E-state index is 0.131. The van der Waals surface area contributed by atoms with Gasteiger partial charge in [0.25, 0.3) is 0 Å². The molecule has 4 aromatic rings. The van der Waals surface area contributed by atoms with Gasteiger partial charge in [-0.3, -0.25) is 0 Å². The highest BCUT2D eigenvalue weighted by atomic mass is 16.5. The fraction of sp³-hybridized carbons (Fsp3) is 0.0714. The second-order valence-corrected chi connectivity index (χ2v) is 7.04. The Kier molecular flexibility index (Phi) is 7.19. The first-order valence-corrected chi connectivity index (χ1v) is 10.2. The third-order valence-corrected chi connectivity index (χ3v) is 5.01. The van der Waals surface area contributed by atoms with Gasteiger partial charge in [0.05, 0.1) is 17.8 Å². The fourth-order valence-electron chi connectivity index (χ4n) is 3.42. The van der Waals surface area contributed by atoms with Gasteiger partial charge < -0.3 is 9.84 Å². The van der Waals surface area contributed by atoms with Gasteiger partial charge in [-0.1, -0.05) is 98.1 Å². The summed E-state index contributed by atoms with van der Waals surface area (Å²) in [5.41, 5.74) is 2.05. The molecule has 4 aromatic carbocycles. The lowest BCUT2D eigenvalue weighted by Crippen LogP contribution is -2.06. The molecule has 0 bridgehead atoms. The first-order chi connectivity index (χ1) is 15.4. The molecule has 0 aliphatic carbocycles. The molecule has 1 N–H and O–H groups in total. The molecule has 4 nitrogen and oxygen atoms in total. The molecular weight excluding hydrogens is 400 g/mol. The smallest absolute Gasteiger partial charge is 0.338 e. The molecule has 0 saturated carbocycles. The summed E-state index contributed by atoms with van der Waals surface area (Å²) in [5.74, 6) is -1.34. The Balaban J connectivity index is 0.000000182. The van der Waals surface area contributed by atoms with Crippen LogP contribution in [0.2, 0.25) is 0 Å². The average Bonchev–Trinajstić information content (AvgIpc) is 2.83. The number of carboxylic acid groups (broad SMARTS) is 1. The van der Waals surface area contributed by atoms with Gasteiger partial charge in [-0.25, -0.2) is 9.59 Å². The number of carboxylic acids is 1. The van der Waals surface area contributed by atoms with Gasteiger partial charge in [0.1, 0.15) is 0 Å². The summed E-state index contributed by atoms with van der Waals surface area (Å²) < 4.78 is 4.97. The number of carbonyl (C=O) groups excluding carboxylic acids is 1. The summed E-state index contributed by atoms with van der Waals surface area (Å²) in [4.78, 5) is 22.5. The van der Waals surface area contributed by atoms with Crippen molar-refractivity contribution in [1.29, 1.82) is 0 Å². The van der Waals surface area contributed by atoms with Crippen LogP contribution in [0.5, 0.6) is 0 Å². The van der Waals surface area contributed by atoms with Crippen molar-refractivity contribution in [3.8, 4) is 0 Å². The van der Waals surface area contributed by atoms with Crippen LogP contribution in [0.25, 0.3) is 32.7 Å². The molecule has 0 radical (unpaired) electrons. The first kappa shape index (κ1) is 22.5. The minimum Gasteiger partial charge on any atom is -0.478 e. The van der Waals surface area contributed by atoms with Gasteiger partial charge in [0, 0.05) is 0 Å². The van der Waals surface area contributed by atoms with Crippen molar-refractivity contribution in [3.63, 3.8) is 0 Å². The SMILES string of the molecule is C=C(C(=O)O)c1cccc2ccccc12.C=C(C(=O)OCC)c1cccc2ccccc12. The summed E-state index contributed by atoms with van der Waals surface area (Å²) >= 11 is 0. The maximum atomic E-state index is 11.7. The number of rotatable bonds is 5. The molecule has 160 valence electrons. The molecule has 0 fully saturated rings. The van der Waals surface area contributed by atoms with Gasteiger partial charge >= 0.3 is 11.9 Å². The standard InChI is InChI=1S/C15H14O2.C13H10O2/c1-3-17-15(16)11(2)13-10-6-8-12-7-4-5-9-14(12)13;1-9(13(14)15)11-8-4-6-10-5-2-3-7-12(10)11/h4-10H,2-3H2,1H3;2-8H,1H2,(H,14,15). The molecule has 0 amide bonds. The number of fused-ring (bicyclic) bond motifs is 2. The van der Waals surface area contributed by atoms with Crippen molar-refractivity contribution in [2.45, 2.75) is 6.92 Å². The molecule has 32 heavy (non-hydrogen) atoms. The van der Waals surface area contributed by atoms with E-state index in [-0.39, 0.29) is 11.5 Å². The Bertz CT molecular complexity index is 1310. The van der Waals surface area contributed by atoms with Crippen molar-refractivity contribution < 1.29 is 19.4 Å². The highest BCUT2D eigenvalue weighted by Gasteiger charge is 2.12. The quantitative estimate of drug-likeness (QED) is 0.299. The van der Waals surface area contributed by atoms with Crippen LogP contribution < -0.4 is 0 Å². The number of hydrogen-bond acceptors (Lipinski definition) is 3. The maximum Gasteiger partial charge on any atom is 0.338 e. The third-order valence-electron chi connectivity index (χ3n) is 5.01. The van der Waals surface area contributed by atoms with E-state index in [1.807, 2.05) is 78.9 Å². The zero-order valence-corrected chi connectivity index (χ0v) is 17.9. The minimum atomic E-state index is -0.980. The third kappa shape index (κ3) is 4.93. The molecule has 4 heteroatoms. The van der Waals surface area contributed by atoms with Crippen LogP contribution in [0.15, 0.2) is 98.1 Å². The highest BCUT2D eigenvalue weighted by molar-refractivity contribution is 6.19. The van der Waals surface area contributed by atoms with Crippen LogP contribution in [-0.2, 0) is 14.3 Å². The monoisotopic (exact) mass is 424 g/mol. The molecule has 0 aliphatic rings. The fourth-order valence-corrected chi connectivity index (χ4v) is 3.42. The lowest BCUT2D eigenvalue weighted by molar-refractivity contribution is -0.136. The molecule has 0 atom stereocenters. The van der Waals surface area contributed by atoms with E-state index in [4.69, 9.17) is 9.84 Å². The van der Waals surface area contributed by atoms with Crippen LogP contribution in [-0.4, -0.2) is 23.7 Å². The molecule has 0 aliphatic heterocycles. The summed E-state index contributed by atoms with van der Waals surface area (Å²) in [6, 6.07) is 27.0. The van der Waals surface area contributed by atoms with Gasteiger partial charge in [0.2, 0.25) is 0 Å². The van der Waals surface area contributed by atoms with E-state index in [1.54, 1.807) is 13.0 Å². The summed E-state index contributed by atoms with van der Waals surface area (Å²) in [6.45, 7) is 9.54. The van der Waals surface area contributed by atoms with Crippen LogP contribution in [0.4, 0.5) is 0 Å². The van der Waals surface area contributed by atoms with E-state index >= 15 is 0 Å². The first-order valence-electron chi connectivity index (χ1n) is 10.2. The lowest BCUT2D eigenvalue weighted by Gasteiger charge is -2.08. The Hall–Kier alpha value is -4.18. The van der Waals surface area contributed by atoms with E-state index in [2.05, 4.69) is 13.2 Å². The second kappa shape index (κ2) is 10.2. The van der Waals surface area contributed by atoms with Crippen molar-refractivity contribution in [2.24, 2.45) is 0 Å². The Morgan fingerprint density at radius 1 is 0.719 bits per heavy atom. The lowest BCUT2D eigenvalue weighted by atomic mass is 9.99. The van der Waals surface area contributed by atoms with E-state index in [0.29, 0.717) is 17.7 Å².